The molecule has 2 aliphatic heterocycles. The van der Waals surface area contributed by atoms with Crippen molar-refractivity contribution >= 4 is 23.3 Å². The number of fused-ring (bicyclic) bond motifs is 2. The lowest BCUT2D eigenvalue weighted by atomic mass is 9.42. The van der Waals surface area contributed by atoms with Gasteiger partial charge >= 0.3 is 0 Å². The largest absolute Gasteiger partial charge is 0.353 e. The van der Waals surface area contributed by atoms with E-state index >= 15 is 0 Å². The number of allylic oxidation sites excluding steroid dienone is 2. The Morgan fingerprint density at radius 3 is 1.61 bits per heavy atom. The minimum Gasteiger partial charge on any atom is -0.353 e. The summed E-state index contributed by atoms with van der Waals surface area (Å²) in [6.07, 6.45) is 29.4. The van der Waals surface area contributed by atoms with Crippen LogP contribution in [0.15, 0.2) is 84.4 Å². The van der Waals surface area contributed by atoms with Crippen molar-refractivity contribution in [1.82, 2.24) is 20.9 Å². The number of benzene rings is 3. The molecular weight excluding hydrogens is 1030 g/mol. The van der Waals surface area contributed by atoms with Crippen molar-refractivity contribution in [3.8, 4) is 0 Å². The van der Waals surface area contributed by atoms with E-state index in [1.54, 1.807) is 5.57 Å². The monoisotopic (exact) mass is 1140 g/mol. The zero-order valence-corrected chi connectivity index (χ0v) is 51.1. The number of nitrogens with zero attached hydrogens (tertiary/aromatic N) is 1. The molecule has 11 bridgehead atoms. The number of hydrogen-bond acceptors (Lipinski definition) is 7. The summed E-state index contributed by atoms with van der Waals surface area (Å²) >= 11 is 0. The maximum absolute atomic E-state index is 14.7. The summed E-state index contributed by atoms with van der Waals surface area (Å²) in [6, 6.07) is 33.5. The Balaban J connectivity index is 0.669. The Hall–Kier alpha value is -4.35. The lowest BCUT2D eigenvalue weighted by Crippen LogP contribution is -2.70. The molecule has 9 N–H and O–H groups in total. The van der Waals surface area contributed by atoms with Gasteiger partial charge in [0.15, 0.2) is 0 Å². The van der Waals surface area contributed by atoms with Crippen molar-refractivity contribution in [2.24, 2.45) is 63.5 Å². The van der Waals surface area contributed by atoms with E-state index in [1.807, 2.05) is 0 Å². The molecule has 10 unspecified atom stereocenters. The summed E-state index contributed by atoms with van der Waals surface area (Å²) in [5.41, 5.74) is 28.9. The molecule has 17 rings (SSSR count). The number of carbonyl (C=O) groups is 3. The number of rotatable bonds is 13. The highest BCUT2D eigenvalue weighted by Crippen LogP contribution is 2.68. The summed E-state index contributed by atoms with van der Waals surface area (Å²) in [5, 5.41) is 10.8. The third kappa shape index (κ3) is 9.81. The van der Waals surface area contributed by atoms with Gasteiger partial charge in [0, 0.05) is 60.8 Å². The first kappa shape index (κ1) is 56.2. The fourth-order valence-electron chi connectivity index (χ4n) is 23.1. The molecule has 10 atom stereocenters. The molecule has 14 aliphatic rings. The fourth-order valence-corrected chi connectivity index (χ4v) is 23.1. The van der Waals surface area contributed by atoms with Gasteiger partial charge in [-0.15, -0.1) is 0 Å². The van der Waals surface area contributed by atoms with Crippen LogP contribution >= 0.6 is 0 Å². The summed E-state index contributed by atoms with van der Waals surface area (Å²) in [5.74, 6) is 3.73. The number of amides is 3. The standard InChI is InChI=1S/C74H101N7O3/c1-45(42-81-61-37-72(52-6-4-3-5-7-52)38-62(81)40-74(39-61,44-72)69(84)80-60-26-20-57(77)21-27-60)49-8-12-53(13-9-49)70-29-28-63-64(67(82)78-58-22-16-55(75)17-23-58)31-51(36-70)66(65(63)41-70)46(2)50-10-14-54(15-11-50)71-32-47-30-48(33-71)35-73(34-47,43-71)68(83)79-59-24-18-56(76)19-25-59/h3-15,45,47-48,51,55-65H,16-44,75-77H2,1-2H3,(H,78,82)(H,79,83)(H,80,84)/b66-46+. The van der Waals surface area contributed by atoms with Crippen LogP contribution < -0.4 is 33.2 Å². The fraction of sp³-hybridized carbons (Fsp3) is 0.689. The first-order valence-electron chi connectivity index (χ1n) is 34.5. The molecule has 10 nitrogen and oxygen atoms in total. The van der Waals surface area contributed by atoms with Crippen LogP contribution in [0.1, 0.15) is 227 Å². The number of piperidine rings is 2. The molecule has 10 heteroatoms. The maximum atomic E-state index is 14.7. The van der Waals surface area contributed by atoms with Gasteiger partial charge in [-0.3, -0.25) is 19.3 Å². The molecule has 0 spiro atoms. The van der Waals surface area contributed by atoms with Crippen molar-refractivity contribution in [1.29, 1.82) is 0 Å². The van der Waals surface area contributed by atoms with Crippen LogP contribution in [0.25, 0.3) is 5.57 Å². The average molecular weight is 1140 g/mol. The van der Waals surface area contributed by atoms with E-state index in [9.17, 15) is 14.4 Å². The molecule has 14 fully saturated rings. The van der Waals surface area contributed by atoms with Crippen LogP contribution in [0.4, 0.5) is 0 Å². The van der Waals surface area contributed by atoms with Crippen molar-refractivity contribution < 1.29 is 14.4 Å². The quantitative estimate of drug-likeness (QED) is 0.0990. The lowest BCUT2D eigenvalue weighted by molar-refractivity contribution is -0.161. The number of hydrogen-bond donors (Lipinski definition) is 6. The van der Waals surface area contributed by atoms with Crippen LogP contribution in [0.5, 0.6) is 0 Å². The number of nitrogens with one attached hydrogen (secondary N) is 3. The second-order valence-electron chi connectivity index (χ2n) is 32.0. The van der Waals surface area contributed by atoms with E-state index in [0.717, 1.165) is 167 Å². The highest BCUT2D eigenvalue weighted by Gasteiger charge is 2.65. The highest BCUT2D eigenvalue weighted by molar-refractivity contribution is 5.85. The Labute approximate surface area is 502 Å². The molecule has 3 aromatic carbocycles. The SMILES string of the molecule is C/C(=C1/C2CC(C(=O)NC3CCC(N)CC3)C3CCC(c4ccc(C(C)CN5C6CC7(C(=O)NC8CCC(N)CC8)CC5CC(c5ccccc5)(C6)C7)cc4)(C2)CC13)c1ccc(C23CC4CC(CC(C(=O)NC5CCC(N)CC5)(C4)C2)C3)cc1. The summed E-state index contributed by atoms with van der Waals surface area (Å²) in [6.45, 7) is 5.89. The van der Waals surface area contributed by atoms with Crippen molar-refractivity contribution in [3.05, 3.63) is 112 Å². The lowest BCUT2D eigenvalue weighted by Gasteiger charge is -2.66. The Kier molecular flexibility index (Phi) is 14.4. The molecule has 2 heterocycles. The number of carbonyl (C=O) groups excluding carboxylic acids is 3. The van der Waals surface area contributed by atoms with Gasteiger partial charge in [-0.1, -0.05) is 91.4 Å². The molecule has 2 saturated heterocycles. The van der Waals surface area contributed by atoms with Gasteiger partial charge in [0.1, 0.15) is 0 Å². The first-order valence-corrected chi connectivity index (χ1v) is 34.5. The van der Waals surface area contributed by atoms with Crippen LogP contribution in [0, 0.1) is 46.3 Å². The van der Waals surface area contributed by atoms with Crippen LogP contribution in [0.2, 0.25) is 0 Å². The molecular formula is C74H101N7O3. The van der Waals surface area contributed by atoms with E-state index in [4.69, 9.17) is 17.2 Å². The van der Waals surface area contributed by atoms with E-state index in [-0.39, 0.29) is 69.2 Å². The average Bonchev–Trinajstić information content (AvgIpc) is 0.889. The molecule has 3 amide bonds. The minimum absolute atomic E-state index is 0.0489. The first-order chi connectivity index (χ1) is 40.6. The zero-order valence-electron chi connectivity index (χ0n) is 51.1. The molecule has 12 aliphatic carbocycles. The second-order valence-corrected chi connectivity index (χ2v) is 32.0. The van der Waals surface area contributed by atoms with E-state index < -0.39 is 0 Å². The predicted octanol–water partition coefficient (Wildman–Crippen LogP) is 11.9. The Morgan fingerprint density at radius 2 is 1.04 bits per heavy atom. The zero-order chi connectivity index (χ0) is 57.3. The van der Waals surface area contributed by atoms with Crippen molar-refractivity contribution in [2.45, 2.75) is 264 Å². The molecule has 84 heavy (non-hydrogen) atoms. The van der Waals surface area contributed by atoms with Gasteiger partial charge in [-0.05, 0) is 272 Å². The summed E-state index contributed by atoms with van der Waals surface area (Å²) in [7, 11) is 0. The summed E-state index contributed by atoms with van der Waals surface area (Å²) < 4.78 is 0. The second kappa shape index (κ2) is 21.5. The topological polar surface area (TPSA) is 169 Å². The Morgan fingerprint density at radius 1 is 0.536 bits per heavy atom. The highest BCUT2D eigenvalue weighted by atomic mass is 16.2. The third-order valence-corrected chi connectivity index (χ3v) is 26.8. The van der Waals surface area contributed by atoms with Crippen LogP contribution in [0.3, 0.4) is 0 Å². The maximum Gasteiger partial charge on any atom is 0.226 e. The molecule has 12 saturated carbocycles. The van der Waals surface area contributed by atoms with Crippen LogP contribution in [-0.2, 0) is 30.6 Å². The van der Waals surface area contributed by atoms with E-state index in [2.05, 4.69) is 114 Å². The van der Waals surface area contributed by atoms with E-state index in [0.29, 0.717) is 65.3 Å². The molecule has 450 valence electrons. The molecule has 0 radical (unpaired) electrons. The Bertz CT molecular complexity index is 2950. The van der Waals surface area contributed by atoms with Gasteiger partial charge in [0.05, 0.1) is 10.8 Å². The number of nitrogens with two attached hydrogens (primary N) is 3. The van der Waals surface area contributed by atoms with Gasteiger partial charge in [-0.2, -0.15) is 0 Å². The van der Waals surface area contributed by atoms with Gasteiger partial charge in [-0.25, -0.2) is 0 Å². The van der Waals surface area contributed by atoms with Crippen molar-refractivity contribution in [2.75, 3.05) is 6.54 Å². The molecule has 0 aromatic heterocycles. The summed E-state index contributed by atoms with van der Waals surface area (Å²) in [4.78, 5) is 46.6. The third-order valence-electron chi connectivity index (χ3n) is 26.8. The van der Waals surface area contributed by atoms with Gasteiger partial charge < -0.3 is 33.2 Å². The normalized spacial score (nSPS) is 43.6. The van der Waals surface area contributed by atoms with Gasteiger partial charge in [0.2, 0.25) is 17.7 Å². The predicted molar refractivity (Wildman–Crippen MR) is 334 cm³/mol. The smallest absolute Gasteiger partial charge is 0.226 e. The minimum atomic E-state index is -0.310. The molecule has 3 aromatic rings. The van der Waals surface area contributed by atoms with Gasteiger partial charge in [0.25, 0.3) is 0 Å². The van der Waals surface area contributed by atoms with Crippen LogP contribution in [-0.4, -0.2) is 77.5 Å². The van der Waals surface area contributed by atoms with E-state index in [1.165, 1.54) is 52.7 Å². The van der Waals surface area contributed by atoms with Crippen molar-refractivity contribution in [3.63, 3.8) is 0 Å².